The van der Waals surface area contributed by atoms with Gasteiger partial charge in [-0.15, -0.1) is 0 Å². The van der Waals surface area contributed by atoms with Crippen molar-refractivity contribution < 1.29 is 9.53 Å². The Balaban J connectivity index is 4.00. The molecule has 0 aliphatic rings. The first-order chi connectivity index (χ1) is 8.46. The molecule has 0 bridgehead atoms. The Morgan fingerprint density at radius 3 is 2.61 bits per heavy atom. The highest BCUT2D eigenvalue weighted by Gasteiger charge is 2.29. The fourth-order valence-electron chi connectivity index (χ4n) is 1.76. The van der Waals surface area contributed by atoms with E-state index in [2.05, 4.69) is 24.2 Å². The molecule has 0 rings (SSSR count). The summed E-state index contributed by atoms with van der Waals surface area (Å²) in [6.45, 7) is 7.37. The molecule has 1 unspecified atom stereocenters. The molecule has 108 valence electrons. The molecule has 5 nitrogen and oxygen atoms in total. The molecule has 0 saturated carbocycles. The summed E-state index contributed by atoms with van der Waals surface area (Å²) in [6.07, 6.45) is 2.70. The molecule has 3 N–H and O–H groups in total. The summed E-state index contributed by atoms with van der Waals surface area (Å²) in [4.78, 5) is 13.7. The third-order valence-corrected chi connectivity index (χ3v) is 3.20. The number of amides is 1. The minimum absolute atomic E-state index is 0.268. The number of nitrogens with zero attached hydrogens (tertiary/aromatic N) is 1. The highest BCUT2D eigenvalue weighted by molar-refractivity contribution is 5.84. The van der Waals surface area contributed by atoms with Crippen molar-refractivity contribution in [3.63, 3.8) is 0 Å². The second-order valence-corrected chi connectivity index (χ2v) is 5.02. The molecule has 5 heteroatoms. The lowest BCUT2D eigenvalue weighted by molar-refractivity contribution is -0.124. The van der Waals surface area contributed by atoms with Gasteiger partial charge < -0.3 is 20.7 Å². The summed E-state index contributed by atoms with van der Waals surface area (Å²) in [6, 6.07) is 0. The van der Waals surface area contributed by atoms with E-state index in [-0.39, 0.29) is 5.91 Å². The molecule has 0 fully saturated rings. The van der Waals surface area contributed by atoms with Crippen LogP contribution in [0.15, 0.2) is 0 Å². The van der Waals surface area contributed by atoms with Gasteiger partial charge in [0.1, 0.15) is 0 Å². The van der Waals surface area contributed by atoms with E-state index >= 15 is 0 Å². The highest BCUT2D eigenvalue weighted by Crippen LogP contribution is 2.12. The number of primary amides is 1. The Morgan fingerprint density at radius 1 is 1.44 bits per heavy atom. The monoisotopic (exact) mass is 259 g/mol. The fourth-order valence-corrected chi connectivity index (χ4v) is 1.76. The van der Waals surface area contributed by atoms with E-state index in [0.717, 1.165) is 45.5 Å². The van der Waals surface area contributed by atoms with Gasteiger partial charge in [0.15, 0.2) is 0 Å². The lowest BCUT2D eigenvalue weighted by Gasteiger charge is -2.28. The third kappa shape index (κ3) is 6.93. The van der Waals surface area contributed by atoms with E-state index in [4.69, 9.17) is 10.5 Å². The zero-order chi connectivity index (χ0) is 14.0. The van der Waals surface area contributed by atoms with Crippen molar-refractivity contribution in [1.29, 1.82) is 0 Å². The first-order valence-corrected chi connectivity index (χ1v) is 6.68. The Morgan fingerprint density at radius 2 is 2.11 bits per heavy atom. The summed E-state index contributed by atoms with van der Waals surface area (Å²) in [7, 11) is 3.76. The van der Waals surface area contributed by atoms with Gasteiger partial charge in [-0.05, 0) is 46.3 Å². The van der Waals surface area contributed by atoms with Crippen LogP contribution in [-0.4, -0.2) is 56.7 Å². The predicted molar refractivity (Wildman–Crippen MR) is 74.5 cm³/mol. The normalized spacial score (nSPS) is 14.7. The number of ether oxygens (including phenoxy) is 1. The van der Waals surface area contributed by atoms with Crippen molar-refractivity contribution in [2.45, 2.75) is 38.6 Å². The van der Waals surface area contributed by atoms with Gasteiger partial charge in [0, 0.05) is 13.7 Å². The smallest absolute Gasteiger partial charge is 0.237 e. The first-order valence-electron chi connectivity index (χ1n) is 6.68. The maximum Gasteiger partial charge on any atom is 0.237 e. The number of hydrogen-bond donors (Lipinski definition) is 2. The Kier molecular flexibility index (Phi) is 8.97. The van der Waals surface area contributed by atoms with Gasteiger partial charge in [0.2, 0.25) is 5.91 Å². The van der Waals surface area contributed by atoms with Gasteiger partial charge in [-0.2, -0.15) is 0 Å². The van der Waals surface area contributed by atoms with Gasteiger partial charge in [-0.1, -0.05) is 6.92 Å². The van der Waals surface area contributed by atoms with Crippen LogP contribution in [0.3, 0.4) is 0 Å². The molecule has 0 aromatic rings. The minimum atomic E-state index is -0.585. The summed E-state index contributed by atoms with van der Waals surface area (Å²) in [5.74, 6) is -0.268. The Labute approximate surface area is 111 Å². The van der Waals surface area contributed by atoms with Gasteiger partial charge in [0.25, 0.3) is 0 Å². The number of methoxy groups -OCH3 is 1. The van der Waals surface area contributed by atoms with Crippen LogP contribution in [0.4, 0.5) is 0 Å². The standard InChI is InChI=1S/C13H29N3O2/c1-5-8-15-13(2,12(14)17)7-6-9-16(3)10-11-18-4/h15H,5-11H2,1-4H3,(H2,14,17). The fraction of sp³-hybridized carbons (Fsp3) is 0.923. The number of likely N-dealkylation sites (N-methyl/N-ethyl adjacent to an activating group) is 1. The number of carbonyl (C=O) groups excluding carboxylic acids is 1. The average Bonchev–Trinajstić information content (AvgIpc) is 2.33. The van der Waals surface area contributed by atoms with Crippen molar-refractivity contribution in [2.75, 3.05) is 40.4 Å². The van der Waals surface area contributed by atoms with E-state index in [0.29, 0.717) is 0 Å². The molecule has 1 amide bonds. The Bertz CT molecular complexity index is 236. The maximum absolute atomic E-state index is 11.5. The summed E-state index contributed by atoms with van der Waals surface area (Å²) in [5.41, 5.74) is 4.89. The zero-order valence-corrected chi connectivity index (χ0v) is 12.3. The second-order valence-electron chi connectivity index (χ2n) is 5.02. The molecule has 1 atom stereocenters. The van der Waals surface area contributed by atoms with E-state index in [1.165, 1.54) is 0 Å². The molecular formula is C13H29N3O2. The van der Waals surface area contributed by atoms with Crippen LogP contribution in [0.5, 0.6) is 0 Å². The van der Waals surface area contributed by atoms with Crippen LogP contribution in [-0.2, 0) is 9.53 Å². The van der Waals surface area contributed by atoms with Gasteiger partial charge in [-0.25, -0.2) is 0 Å². The average molecular weight is 259 g/mol. The van der Waals surface area contributed by atoms with Crippen LogP contribution in [0.25, 0.3) is 0 Å². The molecule has 0 spiro atoms. The lowest BCUT2D eigenvalue weighted by Crippen LogP contribution is -2.53. The van der Waals surface area contributed by atoms with Crippen LogP contribution in [0, 0.1) is 0 Å². The molecule has 0 radical (unpaired) electrons. The molecule has 0 aliphatic heterocycles. The van der Waals surface area contributed by atoms with Crippen LogP contribution in [0.1, 0.15) is 33.1 Å². The van der Waals surface area contributed by atoms with Crippen molar-refractivity contribution in [1.82, 2.24) is 10.2 Å². The first kappa shape index (κ1) is 17.4. The summed E-state index contributed by atoms with van der Waals surface area (Å²) < 4.78 is 5.02. The molecule has 0 aromatic heterocycles. The van der Waals surface area contributed by atoms with Gasteiger partial charge in [-0.3, -0.25) is 4.79 Å². The molecule has 0 aliphatic carbocycles. The van der Waals surface area contributed by atoms with Crippen LogP contribution in [0.2, 0.25) is 0 Å². The maximum atomic E-state index is 11.5. The van der Waals surface area contributed by atoms with E-state index in [9.17, 15) is 4.79 Å². The second kappa shape index (κ2) is 9.30. The predicted octanol–water partition coefficient (Wildman–Crippen LogP) is 0.588. The quantitative estimate of drug-likeness (QED) is 0.570. The minimum Gasteiger partial charge on any atom is -0.383 e. The van der Waals surface area contributed by atoms with Crippen LogP contribution < -0.4 is 11.1 Å². The van der Waals surface area contributed by atoms with E-state index in [1.54, 1.807) is 7.11 Å². The Hall–Kier alpha value is -0.650. The van der Waals surface area contributed by atoms with E-state index < -0.39 is 5.54 Å². The van der Waals surface area contributed by atoms with Crippen molar-refractivity contribution in [3.8, 4) is 0 Å². The number of hydrogen-bond acceptors (Lipinski definition) is 4. The third-order valence-electron chi connectivity index (χ3n) is 3.20. The molecule has 18 heavy (non-hydrogen) atoms. The molecular weight excluding hydrogens is 230 g/mol. The molecule has 0 aromatic carbocycles. The van der Waals surface area contributed by atoms with E-state index in [1.807, 2.05) is 6.92 Å². The number of nitrogens with two attached hydrogens (primary N) is 1. The van der Waals surface area contributed by atoms with Crippen molar-refractivity contribution in [3.05, 3.63) is 0 Å². The SMILES string of the molecule is CCCNC(C)(CCCN(C)CCOC)C(N)=O. The van der Waals surface area contributed by atoms with Gasteiger partial charge in [0.05, 0.1) is 12.1 Å². The molecule has 0 saturated heterocycles. The highest BCUT2D eigenvalue weighted by atomic mass is 16.5. The topological polar surface area (TPSA) is 67.6 Å². The van der Waals surface area contributed by atoms with Crippen molar-refractivity contribution >= 4 is 5.91 Å². The number of rotatable bonds is 11. The molecule has 0 heterocycles. The number of nitrogens with one attached hydrogen (secondary N) is 1. The van der Waals surface area contributed by atoms with Crippen LogP contribution >= 0.6 is 0 Å². The zero-order valence-electron chi connectivity index (χ0n) is 12.3. The van der Waals surface area contributed by atoms with Crippen molar-refractivity contribution in [2.24, 2.45) is 5.73 Å². The summed E-state index contributed by atoms with van der Waals surface area (Å²) in [5, 5.41) is 3.24. The largest absolute Gasteiger partial charge is 0.383 e. The number of carbonyl (C=O) groups is 1. The summed E-state index contributed by atoms with van der Waals surface area (Å²) >= 11 is 0. The van der Waals surface area contributed by atoms with Gasteiger partial charge >= 0.3 is 0 Å². The lowest BCUT2D eigenvalue weighted by atomic mass is 9.94.